The average molecular weight is 1300 g/mol. The summed E-state index contributed by atoms with van der Waals surface area (Å²) in [7, 11) is 2.95. The number of carbonyl (C=O) groups excluding carboxylic acids is 6. The number of ether oxygens (including phenoxy) is 8. The van der Waals surface area contributed by atoms with E-state index in [-0.39, 0.29) is 98.3 Å². The van der Waals surface area contributed by atoms with Crippen LogP contribution in [-0.2, 0) is 87.1 Å². The molecule has 2 N–H and O–H groups in total. The maximum atomic E-state index is 15.8. The Kier molecular flexibility index (Phi) is 20.9. The summed E-state index contributed by atoms with van der Waals surface area (Å²) in [5.41, 5.74) is -2.76. The van der Waals surface area contributed by atoms with E-state index in [0.717, 1.165) is 0 Å². The van der Waals surface area contributed by atoms with Crippen molar-refractivity contribution in [2.45, 2.75) is 173 Å². The Balaban J connectivity index is 0.000000243. The molecule has 2 radical (unpaired) electrons. The molecule has 2 saturated carbocycles. The molecule has 472 valence electrons. The number of methoxy groups -OCH3 is 2. The number of hydrogen-bond donors (Lipinski definition) is 2. The van der Waals surface area contributed by atoms with E-state index in [1.165, 1.54) is 36.2 Å². The Morgan fingerprint density at radius 1 is 0.609 bits per heavy atom. The first-order valence-corrected chi connectivity index (χ1v) is 28.4. The monoisotopic (exact) mass is 1290 g/mol. The molecule has 12 atom stereocenters. The quantitative estimate of drug-likeness (QED) is 0.149. The van der Waals surface area contributed by atoms with Crippen molar-refractivity contribution in [2.24, 2.45) is 22.7 Å². The van der Waals surface area contributed by atoms with Gasteiger partial charge in [-0.1, -0.05) is 67.5 Å². The van der Waals surface area contributed by atoms with Gasteiger partial charge in [0.1, 0.15) is 53.6 Å². The van der Waals surface area contributed by atoms with E-state index in [1.54, 1.807) is 86.6 Å². The molecule has 0 unspecified atom stereocenters. The van der Waals surface area contributed by atoms with Gasteiger partial charge in [-0.3, -0.25) is 9.59 Å². The number of alkyl halides is 4. The fourth-order valence-electron chi connectivity index (χ4n) is 10.9. The number of carbonyl (C=O) groups is 4. The van der Waals surface area contributed by atoms with Gasteiger partial charge in [-0.05, 0) is 66.7 Å². The van der Waals surface area contributed by atoms with E-state index >= 15 is 17.6 Å². The van der Waals surface area contributed by atoms with Gasteiger partial charge in [-0.15, -0.1) is 0 Å². The molecule has 4 aromatic rings. The summed E-state index contributed by atoms with van der Waals surface area (Å²) in [5, 5.41) is 5.34. The molecular formula is C59H72F4N8O14V2-2. The maximum Gasteiger partial charge on any atom is 0.408 e. The fraction of sp³-hybridized carbons (Fsp3) is 0.627. The van der Waals surface area contributed by atoms with Crippen LogP contribution in [0.15, 0.2) is 36.4 Å². The zero-order valence-corrected chi connectivity index (χ0v) is 53.0. The molecule has 6 heterocycles. The second-order valence-corrected chi connectivity index (χ2v) is 25.0. The Labute approximate surface area is 525 Å². The van der Waals surface area contributed by atoms with Crippen LogP contribution < -0.4 is 29.6 Å². The van der Waals surface area contributed by atoms with E-state index < -0.39 is 155 Å². The molecule has 4 aliphatic heterocycles. The van der Waals surface area contributed by atoms with Gasteiger partial charge in [-0.2, -0.15) is 17.6 Å². The second-order valence-electron chi connectivity index (χ2n) is 25.0. The number of aromatic nitrogens is 4. The summed E-state index contributed by atoms with van der Waals surface area (Å²) in [6.45, 7) is 15.4. The number of alkyl carbamates (subject to hydrolysis) is 2. The van der Waals surface area contributed by atoms with E-state index in [4.69, 9.17) is 37.9 Å². The Bertz CT molecular complexity index is 3210. The van der Waals surface area contributed by atoms with Crippen LogP contribution in [0, 0.1) is 22.7 Å². The van der Waals surface area contributed by atoms with Crippen LogP contribution in [0.25, 0.3) is 22.1 Å². The molecular weight excluding hydrogens is 1220 g/mol. The van der Waals surface area contributed by atoms with Crippen molar-refractivity contribution < 1.29 is 121 Å². The maximum absolute atomic E-state index is 15.8. The summed E-state index contributed by atoms with van der Waals surface area (Å²) in [6.07, 6.45) is -1.45. The number of amides is 4. The Hall–Kier alpha value is -6.05. The molecule has 2 saturated heterocycles. The first-order valence-electron chi connectivity index (χ1n) is 28.4. The van der Waals surface area contributed by atoms with Gasteiger partial charge in [-0.25, -0.2) is 42.1 Å². The summed E-state index contributed by atoms with van der Waals surface area (Å²) >= 11 is 0. The minimum Gasteiger partial charge on any atom is -0.540 e. The number of benzene rings is 2. The third-order valence-electron chi connectivity index (χ3n) is 16.3. The third-order valence-corrected chi connectivity index (χ3v) is 16.3. The minimum absolute atomic E-state index is 0. The number of hydrogen-bond acceptors (Lipinski definition) is 18. The van der Waals surface area contributed by atoms with Crippen molar-refractivity contribution in [1.29, 1.82) is 0 Å². The second kappa shape index (κ2) is 26.6. The molecule has 0 spiro atoms. The first-order chi connectivity index (χ1) is 40.0. The van der Waals surface area contributed by atoms with Crippen LogP contribution in [-0.4, -0.2) is 167 Å². The minimum atomic E-state index is -3.45. The van der Waals surface area contributed by atoms with Crippen molar-refractivity contribution in [3.8, 4) is 23.3 Å². The standard InChI is InChI=1S/C30H37F2N4O7.C29H35F2N4O7.2V/c1-16-20(15-37)36-14-21(16)42-25-23(33-18-9-8-17(40-6)12-19(18)34-25)30(31,32)10-7-11-41-22-13-29(22,5)43-27(39)35-24(26(36)38)28(2,3)4;1-15-19(14-36)35-13-22(15)41-25-23(32-17-8-7-16(39-5)11-18(17)33-25)29(30,31)9-6-10-40-20-12-21(20)42-27(38)34-24(26(35)37)28(2,3)4;;/h8-9,12,16,20-22,24H,7,10-11,13-14H2,1-6H3,(H,35,39);7-8,11,15,19-22,24H,6,9-10,12-13H2,1-5H3,(H,34,38);;/q2*-1;;/t16-,20+,21-,22+,24+,29+;15-,19+,20+,21+,22-,24+;;/m00../s1. The fourth-order valence-corrected chi connectivity index (χ4v) is 10.9. The Morgan fingerprint density at radius 3 is 1.47 bits per heavy atom. The molecule has 2 aromatic heterocycles. The van der Waals surface area contributed by atoms with Crippen LogP contribution in [0.1, 0.15) is 112 Å². The third kappa shape index (κ3) is 15.0. The largest absolute Gasteiger partial charge is 0.540 e. The summed E-state index contributed by atoms with van der Waals surface area (Å²) in [6, 6.07) is 5.16. The zero-order chi connectivity index (χ0) is 61.7. The van der Waals surface area contributed by atoms with Gasteiger partial charge in [0.05, 0.1) is 55.5 Å². The van der Waals surface area contributed by atoms with E-state index in [0.29, 0.717) is 24.3 Å². The molecule has 6 aliphatic rings. The molecule has 4 amide bonds. The van der Waals surface area contributed by atoms with Crippen molar-refractivity contribution >= 4 is 58.6 Å². The Morgan fingerprint density at radius 2 is 1.05 bits per heavy atom. The summed E-state index contributed by atoms with van der Waals surface area (Å²) in [5.74, 6) is -9.12. The SMILES string of the molecule is COc1ccc2nc3c(nc2c1)O[C@H]1CN(C(=O)[C@H](C(C)(C)C)NC(=O)O[C@@H]2C[C@H]2OCCCC3(F)F)[C@H]([C-]=O)[C@@H]1C.COc1ccc2nc3c(nc2c1)O[C@H]1CN(C(=O)[C@H](C(C)(C)C)NC(=O)O[C@]2(C)C[C@H]2OCCCC3(F)F)[C@H]([C-]=O)[C@@H]1C.[V].[V]. The van der Waals surface area contributed by atoms with E-state index in [1.807, 2.05) is 12.6 Å². The predicted octanol–water partition coefficient (Wildman–Crippen LogP) is 7.44. The molecule has 22 nitrogen and oxygen atoms in total. The molecule has 10 rings (SSSR count). The van der Waals surface area contributed by atoms with Gasteiger partial charge in [0, 0.05) is 88.1 Å². The van der Waals surface area contributed by atoms with Crippen molar-refractivity contribution in [2.75, 3.05) is 40.5 Å². The number of nitrogens with one attached hydrogen (secondary N) is 2. The topological polar surface area (TPSA) is 258 Å². The zero-order valence-electron chi connectivity index (χ0n) is 50.2. The van der Waals surface area contributed by atoms with Gasteiger partial charge in [0.15, 0.2) is 11.4 Å². The van der Waals surface area contributed by atoms with Crippen molar-refractivity contribution in [3.63, 3.8) is 0 Å². The molecule has 87 heavy (non-hydrogen) atoms. The predicted molar refractivity (Wildman–Crippen MR) is 295 cm³/mol. The van der Waals surface area contributed by atoms with E-state index in [9.17, 15) is 28.8 Å². The summed E-state index contributed by atoms with van der Waals surface area (Å²) in [4.78, 5) is 97.5. The molecule has 2 aromatic carbocycles. The van der Waals surface area contributed by atoms with Gasteiger partial charge in [0.25, 0.3) is 11.8 Å². The number of halogens is 4. The van der Waals surface area contributed by atoms with Crippen LogP contribution in [0.3, 0.4) is 0 Å². The smallest absolute Gasteiger partial charge is 0.408 e. The molecule has 2 aliphatic carbocycles. The van der Waals surface area contributed by atoms with Crippen LogP contribution in [0.5, 0.6) is 23.3 Å². The van der Waals surface area contributed by atoms with E-state index in [2.05, 4.69) is 30.6 Å². The van der Waals surface area contributed by atoms with Crippen LogP contribution in [0.2, 0.25) is 0 Å². The number of nitrogens with zero attached hydrogens (tertiary/aromatic N) is 6. The first kappa shape index (κ1) is 68.4. The summed E-state index contributed by atoms with van der Waals surface area (Å²) < 4.78 is 108. The number of rotatable bonds is 4. The number of fused-ring (bicyclic) bond motifs is 10. The molecule has 28 heteroatoms. The average Bonchev–Trinajstić information content (AvgIpc) is 1.98. The van der Waals surface area contributed by atoms with Crippen molar-refractivity contribution in [3.05, 3.63) is 47.8 Å². The molecule has 4 bridgehead atoms. The van der Waals surface area contributed by atoms with Gasteiger partial charge < -0.3 is 67.9 Å². The van der Waals surface area contributed by atoms with Gasteiger partial charge in [0.2, 0.25) is 23.6 Å². The van der Waals surface area contributed by atoms with Crippen LogP contribution in [0.4, 0.5) is 27.2 Å². The van der Waals surface area contributed by atoms with Crippen LogP contribution >= 0.6 is 0 Å². The van der Waals surface area contributed by atoms with Crippen molar-refractivity contribution in [1.82, 2.24) is 40.4 Å². The normalized spacial score (nSPS) is 30.1. The molecule has 4 fully saturated rings. The van der Waals surface area contributed by atoms with Gasteiger partial charge >= 0.3 is 12.2 Å².